The highest BCUT2D eigenvalue weighted by atomic mass is 32.1. The molecule has 1 aromatic carbocycles. The Balaban J connectivity index is 1.62. The number of rotatable bonds is 7. The van der Waals surface area contributed by atoms with E-state index >= 15 is 0 Å². The van der Waals surface area contributed by atoms with E-state index in [-0.39, 0.29) is 6.03 Å². The van der Waals surface area contributed by atoms with Crippen molar-refractivity contribution in [2.45, 2.75) is 46.0 Å². The highest BCUT2D eigenvalue weighted by molar-refractivity contribution is 7.22. The molecule has 0 fully saturated rings. The van der Waals surface area contributed by atoms with Crippen molar-refractivity contribution in [3.63, 3.8) is 0 Å². The summed E-state index contributed by atoms with van der Waals surface area (Å²) in [5.74, 6) is -0.729. The number of carboxylic acids is 1. The number of allylic oxidation sites excluding steroid dienone is 4. The van der Waals surface area contributed by atoms with Crippen LogP contribution in [0.4, 0.5) is 9.93 Å². The molecule has 0 saturated heterocycles. The van der Waals surface area contributed by atoms with Gasteiger partial charge in [-0.05, 0) is 68.4 Å². The lowest BCUT2D eigenvalue weighted by atomic mass is 9.77. The van der Waals surface area contributed by atoms with Gasteiger partial charge >= 0.3 is 12.0 Å². The first-order valence-corrected chi connectivity index (χ1v) is 12.8. The summed E-state index contributed by atoms with van der Waals surface area (Å²) in [5.41, 5.74) is 6.88. The second-order valence-electron chi connectivity index (χ2n) is 8.80. The Morgan fingerprint density at radius 3 is 2.81 bits per heavy atom. The molecule has 186 valence electrons. The minimum absolute atomic E-state index is 0.349. The number of carboxylic acid groups (broad SMARTS) is 1. The quantitative estimate of drug-likeness (QED) is 0.328. The Kier molecular flexibility index (Phi) is 7.62. The van der Waals surface area contributed by atoms with E-state index in [0.29, 0.717) is 59.6 Å². The molecule has 2 aromatic rings. The van der Waals surface area contributed by atoms with Gasteiger partial charge in [0.1, 0.15) is 0 Å². The topological polar surface area (TPSA) is 121 Å². The number of urea groups is 1. The first-order chi connectivity index (χ1) is 17.4. The Morgan fingerprint density at radius 2 is 2.08 bits per heavy atom. The van der Waals surface area contributed by atoms with Crippen LogP contribution in [0.15, 0.2) is 52.9 Å². The van der Waals surface area contributed by atoms with Crippen LogP contribution in [-0.4, -0.2) is 40.6 Å². The van der Waals surface area contributed by atoms with Crippen molar-refractivity contribution < 1.29 is 19.5 Å². The number of hydrogen-bond donors (Lipinski definition) is 3. The predicted molar refractivity (Wildman–Crippen MR) is 143 cm³/mol. The van der Waals surface area contributed by atoms with Crippen molar-refractivity contribution >= 4 is 56.3 Å². The zero-order chi connectivity index (χ0) is 25.7. The van der Waals surface area contributed by atoms with E-state index in [1.807, 2.05) is 26.0 Å². The van der Waals surface area contributed by atoms with Crippen LogP contribution in [0.5, 0.6) is 0 Å². The lowest BCUT2D eigenvalue weighted by molar-refractivity contribution is -0.150. The lowest BCUT2D eigenvalue weighted by Crippen LogP contribution is -2.29. The van der Waals surface area contributed by atoms with Crippen molar-refractivity contribution in [1.29, 1.82) is 0 Å². The molecule has 0 saturated carbocycles. The smallest absolute Gasteiger partial charge is 0.321 e. The highest BCUT2D eigenvalue weighted by Crippen LogP contribution is 2.38. The second kappa shape index (κ2) is 10.8. The molecular formula is C27H28N4O4S. The summed E-state index contributed by atoms with van der Waals surface area (Å²) in [7, 11) is 0. The van der Waals surface area contributed by atoms with Gasteiger partial charge in [-0.15, -0.1) is 5.73 Å². The largest absolute Gasteiger partial charge is 0.481 e. The van der Waals surface area contributed by atoms with Gasteiger partial charge in [-0.25, -0.2) is 9.78 Å². The molecule has 9 heteroatoms. The second-order valence-corrected chi connectivity index (χ2v) is 9.80. The first-order valence-electron chi connectivity index (χ1n) is 12.0. The fourth-order valence-corrected chi connectivity index (χ4v) is 5.42. The van der Waals surface area contributed by atoms with Crippen molar-refractivity contribution in [1.82, 2.24) is 10.3 Å². The van der Waals surface area contributed by atoms with E-state index in [9.17, 15) is 19.5 Å². The molecule has 3 N–H and O–H groups in total. The standard InChI is InChI=1S/C27H28N4O4S/c1-3-27(24(33)34)11-6-8-17(10-12-27)21-9-5-7-18(15-29-21)19-13-20(16-32)23-22(14-19)30-26(36-23)31-25(35)28-4-2/h7-9,13-16H,3-4,6,10-12H2,1-2H3,(H,33,34)(H2,28,30,31,35). The number of nitrogens with one attached hydrogen (secondary N) is 2. The summed E-state index contributed by atoms with van der Waals surface area (Å²) in [5, 5.41) is 15.5. The maximum absolute atomic E-state index is 11.9. The summed E-state index contributed by atoms with van der Waals surface area (Å²) in [6.45, 7) is 4.25. The summed E-state index contributed by atoms with van der Waals surface area (Å²) in [4.78, 5) is 44.7. The van der Waals surface area contributed by atoms with Crippen molar-refractivity contribution in [3.05, 3.63) is 59.0 Å². The molecule has 4 rings (SSSR count). The molecule has 2 amide bonds. The number of aldehydes is 1. The van der Waals surface area contributed by atoms with E-state index in [4.69, 9.17) is 0 Å². The number of nitrogens with zero attached hydrogens (tertiary/aromatic N) is 2. The van der Waals surface area contributed by atoms with Crippen LogP contribution in [0.3, 0.4) is 0 Å². The zero-order valence-corrected chi connectivity index (χ0v) is 21.1. The molecule has 1 unspecified atom stereocenters. The number of fused-ring (bicyclic) bond motifs is 1. The Bertz CT molecular complexity index is 1380. The van der Waals surface area contributed by atoms with E-state index in [1.165, 1.54) is 11.3 Å². The van der Waals surface area contributed by atoms with Crippen LogP contribution < -0.4 is 10.6 Å². The van der Waals surface area contributed by atoms with E-state index in [2.05, 4.69) is 32.4 Å². The number of carbonyl (C=O) groups is 3. The predicted octanol–water partition coefficient (Wildman–Crippen LogP) is 5.74. The molecule has 1 aliphatic carbocycles. The molecule has 1 atom stereocenters. The van der Waals surface area contributed by atoms with Crippen LogP contribution in [0, 0.1) is 5.41 Å². The van der Waals surface area contributed by atoms with Gasteiger partial charge in [0, 0.05) is 30.0 Å². The molecule has 36 heavy (non-hydrogen) atoms. The van der Waals surface area contributed by atoms with Crippen molar-refractivity contribution in [2.24, 2.45) is 10.4 Å². The minimum atomic E-state index is -0.729. The fourth-order valence-electron chi connectivity index (χ4n) is 4.50. The van der Waals surface area contributed by atoms with Crippen LogP contribution in [0.2, 0.25) is 0 Å². The van der Waals surface area contributed by atoms with Crippen LogP contribution in [0.25, 0.3) is 15.8 Å². The SMILES string of the molecule is CCNC(=O)Nc1nc2cc(C3=CN=C(C4=CCCC(CC)(C(=O)O)CC4)C=C=C3)cc(C=O)c2s1. The van der Waals surface area contributed by atoms with Gasteiger partial charge in [0.05, 0.1) is 21.3 Å². The van der Waals surface area contributed by atoms with Gasteiger partial charge in [-0.3, -0.25) is 19.9 Å². The number of aliphatic carboxylic acids is 1. The van der Waals surface area contributed by atoms with Gasteiger partial charge in [0.25, 0.3) is 0 Å². The highest BCUT2D eigenvalue weighted by Gasteiger charge is 2.37. The molecule has 8 nitrogen and oxygen atoms in total. The monoisotopic (exact) mass is 504 g/mol. The van der Waals surface area contributed by atoms with Gasteiger partial charge < -0.3 is 10.4 Å². The van der Waals surface area contributed by atoms with E-state index < -0.39 is 11.4 Å². The molecule has 1 aromatic heterocycles. The molecule has 1 aliphatic heterocycles. The third-order valence-corrected chi connectivity index (χ3v) is 7.72. The number of amides is 2. The average Bonchev–Trinajstić information content (AvgIpc) is 3.02. The number of hydrogen-bond acceptors (Lipinski definition) is 6. The minimum Gasteiger partial charge on any atom is -0.481 e. The molecular weight excluding hydrogens is 476 g/mol. The first kappa shape index (κ1) is 25.3. The van der Waals surface area contributed by atoms with E-state index in [0.717, 1.165) is 28.7 Å². The number of aromatic nitrogens is 1. The Morgan fingerprint density at radius 1 is 1.25 bits per heavy atom. The lowest BCUT2D eigenvalue weighted by Gasteiger charge is -2.26. The molecule has 0 bridgehead atoms. The van der Waals surface area contributed by atoms with E-state index in [1.54, 1.807) is 18.3 Å². The van der Waals surface area contributed by atoms with Crippen molar-refractivity contribution in [2.75, 3.05) is 11.9 Å². The van der Waals surface area contributed by atoms with Crippen LogP contribution in [-0.2, 0) is 4.79 Å². The number of aliphatic imine (C=N–C) groups is 1. The average molecular weight is 505 g/mol. The summed E-state index contributed by atoms with van der Waals surface area (Å²) in [6, 6.07) is 3.29. The molecule has 2 aliphatic rings. The van der Waals surface area contributed by atoms with Crippen LogP contribution >= 0.6 is 11.3 Å². The maximum atomic E-state index is 11.9. The number of anilines is 1. The third-order valence-electron chi connectivity index (χ3n) is 6.68. The number of carbonyl (C=O) groups excluding carboxylic acids is 2. The Hall–Kier alpha value is -3.81. The van der Waals surface area contributed by atoms with Gasteiger partial charge in [0.15, 0.2) is 11.4 Å². The molecule has 0 spiro atoms. The Labute approximate surface area is 213 Å². The summed E-state index contributed by atoms with van der Waals surface area (Å²) < 4.78 is 0.694. The molecule has 0 radical (unpaired) electrons. The maximum Gasteiger partial charge on any atom is 0.321 e. The van der Waals surface area contributed by atoms with Gasteiger partial charge in [-0.1, -0.05) is 24.3 Å². The summed E-state index contributed by atoms with van der Waals surface area (Å²) >= 11 is 1.24. The van der Waals surface area contributed by atoms with Crippen molar-refractivity contribution in [3.8, 4) is 0 Å². The fraction of sp³-hybridized carbons (Fsp3) is 0.333. The molecule has 2 heterocycles. The zero-order valence-electron chi connectivity index (χ0n) is 20.3. The van der Waals surface area contributed by atoms with Gasteiger partial charge in [-0.2, -0.15) is 0 Å². The van der Waals surface area contributed by atoms with Crippen LogP contribution in [0.1, 0.15) is 61.9 Å². The number of benzene rings is 1. The third kappa shape index (κ3) is 5.22. The normalized spacial score (nSPS) is 19.6. The van der Waals surface area contributed by atoms with Gasteiger partial charge in [0.2, 0.25) is 0 Å². The summed E-state index contributed by atoms with van der Waals surface area (Å²) in [6.07, 6.45) is 11.4. The number of thiazole rings is 1.